The monoisotopic (exact) mass is 214 g/mol. The fourth-order valence-corrected chi connectivity index (χ4v) is 1.74. The van der Waals surface area contributed by atoms with Crippen molar-refractivity contribution >= 4 is 12.6 Å². The third-order valence-corrected chi connectivity index (χ3v) is 2.71. The van der Waals surface area contributed by atoms with E-state index in [4.69, 9.17) is 0 Å². The van der Waals surface area contributed by atoms with Gasteiger partial charge in [0.1, 0.15) is 0 Å². The molecule has 0 aliphatic rings. The number of rotatable bonds is 10. The van der Waals surface area contributed by atoms with Gasteiger partial charge in [-0.25, -0.2) is 0 Å². The molecule has 0 rings (SSSR count). The van der Waals surface area contributed by atoms with Crippen LogP contribution in [0.4, 0.5) is 0 Å². The summed E-state index contributed by atoms with van der Waals surface area (Å²) >= 11 is 4.12. The van der Waals surface area contributed by atoms with Crippen molar-refractivity contribution in [3.8, 4) is 0 Å². The Labute approximate surface area is 95.6 Å². The minimum atomic E-state index is 0.886. The van der Waals surface area contributed by atoms with Gasteiger partial charge in [0.25, 0.3) is 0 Å². The van der Waals surface area contributed by atoms with Crippen molar-refractivity contribution < 1.29 is 0 Å². The summed E-state index contributed by atoms with van der Waals surface area (Å²) in [6.07, 6.45) is 16.9. The van der Waals surface area contributed by atoms with E-state index in [1.54, 1.807) is 0 Å². The molecule has 1 heteroatoms. The number of hydrogen-bond donors (Lipinski definition) is 1. The van der Waals surface area contributed by atoms with E-state index >= 15 is 0 Å². The molecular formula is C13H26S. The van der Waals surface area contributed by atoms with Crippen molar-refractivity contribution in [1.82, 2.24) is 0 Å². The number of thiol groups is 1. The molecule has 0 atom stereocenters. The highest BCUT2D eigenvalue weighted by molar-refractivity contribution is 7.80. The van der Waals surface area contributed by atoms with Crippen molar-refractivity contribution in [1.29, 1.82) is 0 Å². The first-order valence-electron chi connectivity index (χ1n) is 6.17. The van der Waals surface area contributed by atoms with Gasteiger partial charge in [-0.2, -0.15) is 12.6 Å². The van der Waals surface area contributed by atoms with Crippen molar-refractivity contribution in [3.05, 3.63) is 12.2 Å². The van der Waals surface area contributed by atoms with Crippen molar-refractivity contribution in [3.63, 3.8) is 0 Å². The third kappa shape index (κ3) is 12.1. The van der Waals surface area contributed by atoms with Crippen LogP contribution in [0, 0.1) is 0 Å². The van der Waals surface area contributed by atoms with E-state index in [-0.39, 0.29) is 0 Å². The predicted molar refractivity (Wildman–Crippen MR) is 70.2 cm³/mol. The van der Waals surface area contributed by atoms with Gasteiger partial charge < -0.3 is 0 Å². The van der Waals surface area contributed by atoms with Crippen LogP contribution in [0.2, 0.25) is 0 Å². The molecule has 0 radical (unpaired) electrons. The average Bonchev–Trinajstić information content (AvgIpc) is 2.21. The molecule has 84 valence electrons. The first kappa shape index (κ1) is 14.1. The SMILES string of the molecule is CCCCCCCCCC/C=C\CS. The number of allylic oxidation sites excluding steroid dienone is 1. The molecule has 0 aliphatic carbocycles. The van der Waals surface area contributed by atoms with Gasteiger partial charge in [0.2, 0.25) is 0 Å². The van der Waals surface area contributed by atoms with Crippen LogP contribution in [0.1, 0.15) is 64.7 Å². The quantitative estimate of drug-likeness (QED) is 0.295. The van der Waals surface area contributed by atoms with E-state index in [1.165, 1.54) is 57.8 Å². The Morgan fingerprint density at radius 2 is 1.36 bits per heavy atom. The minimum Gasteiger partial charge on any atom is -0.175 e. The van der Waals surface area contributed by atoms with Gasteiger partial charge in [0.15, 0.2) is 0 Å². The molecule has 0 heterocycles. The lowest BCUT2D eigenvalue weighted by atomic mass is 10.1. The third-order valence-electron chi connectivity index (χ3n) is 2.50. The van der Waals surface area contributed by atoms with Crippen LogP contribution in [-0.2, 0) is 0 Å². The molecule has 14 heavy (non-hydrogen) atoms. The van der Waals surface area contributed by atoms with Gasteiger partial charge in [-0.15, -0.1) is 0 Å². The van der Waals surface area contributed by atoms with Crippen LogP contribution in [0.3, 0.4) is 0 Å². The lowest BCUT2D eigenvalue weighted by Gasteiger charge is -1.99. The summed E-state index contributed by atoms with van der Waals surface area (Å²) in [6.45, 7) is 2.27. The van der Waals surface area contributed by atoms with E-state index < -0.39 is 0 Å². The largest absolute Gasteiger partial charge is 0.175 e. The minimum absolute atomic E-state index is 0.886. The number of unbranched alkanes of at least 4 members (excludes halogenated alkanes) is 8. The standard InChI is InChI=1S/C13H26S/c1-2-3-4-5-6-7-8-9-10-11-12-13-14/h11-12,14H,2-10,13H2,1H3/b12-11-. The lowest BCUT2D eigenvalue weighted by molar-refractivity contribution is 0.577. The maximum atomic E-state index is 4.12. The topological polar surface area (TPSA) is 0 Å². The van der Waals surface area contributed by atoms with Crippen LogP contribution >= 0.6 is 12.6 Å². The van der Waals surface area contributed by atoms with E-state index in [0.717, 1.165) is 5.75 Å². The van der Waals surface area contributed by atoms with Crippen molar-refractivity contribution in [2.45, 2.75) is 64.7 Å². The van der Waals surface area contributed by atoms with E-state index in [2.05, 4.69) is 31.7 Å². The Morgan fingerprint density at radius 3 is 1.93 bits per heavy atom. The molecule has 0 unspecified atom stereocenters. The average molecular weight is 214 g/mol. The highest BCUT2D eigenvalue weighted by Gasteiger charge is 1.89. The maximum absolute atomic E-state index is 4.12. The Balaban J connectivity index is 2.88. The van der Waals surface area contributed by atoms with Crippen LogP contribution in [-0.4, -0.2) is 5.75 Å². The van der Waals surface area contributed by atoms with Gasteiger partial charge in [0, 0.05) is 5.75 Å². The van der Waals surface area contributed by atoms with Crippen LogP contribution in [0.25, 0.3) is 0 Å². The highest BCUT2D eigenvalue weighted by Crippen LogP contribution is 2.09. The molecule has 0 amide bonds. The first-order valence-corrected chi connectivity index (χ1v) is 6.81. The molecule has 0 aromatic rings. The molecule has 0 saturated heterocycles. The zero-order chi connectivity index (χ0) is 10.5. The molecule has 0 fully saturated rings. The fourth-order valence-electron chi connectivity index (χ4n) is 1.59. The molecule has 0 spiro atoms. The molecular weight excluding hydrogens is 188 g/mol. The highest BCUT2D eigenvalue weighted by atomic mass is 32.1. The van der Waals surface area contributed by atoms with Gasteiger partial charge in [0.05, 0.1) is 0 Å². The smallest absolute Gasteiger partial charge is 0.00825 e. The van der Waals surface area contributed by atoms with Crippen molar-refractivity contribution in [2.75, 3.05) is 5.75 Å². The predicted octanol–water partition coefficient (Wildman–Crippen LogP) is 5.00. The van der Waals surface area contributed by atoms with Crippen LogP contribution < -0.4 is 0 Å². The summed E-state index contributed by atoms with van der Waals surface area (Å²) < 4.78 is 0. The van der Waals surface area contributed by atoms with Crippen LogP contribution in [0.15, 0.2) is 12.2 Å². The lowest BCUT2D eigenvalue weighted by Crippen LogP contribution is -1.79. The summed E-state index contributed by atoms with van der Waals surface area (Å²) in [6, 6.07) is 0. The first-order chi connectivity index (χ1) is 6.91. The summed E-state index contributed by atoms with van der Waals surface area (Å²) in [4.78, 5) is 0. The maximum Gasteiger partial charge on any atom is 0.00825 e. The normalized spacial score (nSPS) is 11.3. The molecule has 0 aromatic carbocycles. The van der Waals surface area contributed by atoms with Gasteiger partial charge >= 0.3 is 0 Å². The Bertz CT molecular complexity index is 118. The van der Waals surface area contributed by atoms with E-state index in [0.29, 0.717) is 0 Å². The second-order valence-corrected chi connectivity index (χ2v) is 4.28. The van der Waals surface area contributed by atoms with Gasteiger partial charge in [-0.05, 0) is 12.8 Å². The van der Waals surface area contributed by atoms with Gasteiger partial charge in [-0.1, -0.05) is 64.0 Å². The Kier molecular flexibility index (Phi) is 13.2. The molecule has 0 N–H and O–H groups in total. The van der Waals surface area contributed by atoms with E-state index in [1.807, 2.05) is 0 Å². The number of hydrogen-bond acceptors (Lipinski definition) is 1. The zero-order valence-corrected chi connectivity index (χ0v) is 10.6. The Hall–Kier alpha value is 0.0900. The second-order valence-electron chi connectivity index (χ2n) is 3.92. The summed E-state index contributed by atoms with van der Waals surface area (Å²) in [5.41, 5.74) is 0. The fraction of sp³-hybridized carbons (Fsp3) is 0.846. The molecule has 0 aromatic heterocycles. The van der Waals surface area contributed by atoms with Crippen LogP contribution in [0.5, 0.6) is 0 Å². The summed E-state index contributed by atoms with van der Waals surface area (Å²) in [7, 11) is 0. The molecule has 0 nitrogen and oxygen atoms in total. The zero-order valence-electron chi connectivity index (χ0n) is 9.67. The Morgan fingerprint density at radius 1 is 0.786 bits per heavy atom. The van der Waals surface area contributed by atoms with E-state index in [9.17, 15) is 0 Å². The summed E-state index contributed by atoms with van der Waals surface area (Å²) in [5.74, 6) is 0.886. The molecule has 0 bridgehead atoms. The molecule has 0 saturated carbocycles. The van der Waals surface area contributed by atoms with Gasteiger partial charge in [-0.3, -0.25) is 0 Å². The summed E-state index contributed by atoms with van der Waals surface area (Å²) in [5, 5.41) is 0. The molecule has 0 aliphatic heterocycles. The second kappa shape index (κ2) is 13.1. The van der Waals surface area contributed by atoms with Crippen molar-refractivity contribution in [2.24, 2.45) is 0 Å².